The first-order valence-electron chi connectivity index (χ1n) is 12.7. The topological polar surface area (TPSA) is 121 Å². The number of rotatable bonds is 9. The fourth-order valence-corrected chi connectivity index (χ4v) is 6.09. The Hall–Kier alpha value is -3.63. The van der Waals surface area contributed by atoms with Crippen molar-refractivity contribution in [1.82, 2.24) is 9.80 Å². The zero-order valence-corrected chi connectivity index (χ0v) is 22.6. The third-order valence-electron chi connectivity index (χ3n) is 7.13. The van der Waals surface area contributed by atoms with Crippen molar-refractivity contribution in [3.63, 3.8) is 0 Å². The third-order valence-corrected chi connectivity index (χ3v) is 7.87. The quantitative estimate of drug-likeness (QED) is 0.407. The van der Waals surface area contributed by atoms with Gasteiger partial charge in [-0.15, -0.1) is 0 Å². The van der Waals surface area contributed by atoms with Crippen LogP contribution in [0.15, 0.2) is 53.4 Å². The summed E-state index contributed by atoms with van der Waals surface area (Å²) in [6.07, 6.45) is 0.377. The van der Waals surface area contributed by atoms with Crippen LogP contribution >= 0.6 is 11.8 Å². The molecule has 2 aromatic rings. The maximum Gasteiger partial charge on any atom is 0.446 e. The number of carbonyl (C=O) groups is 2. The van der Waals surface area contributed by atoms with Gasteiger partial charge in [-0.1, -0.05) is 0 Å². The van der Waals surface area contributed by atoms with E-state index in [1.165, 1.54) is 24.3 Å². The number of carbonyl (C=O) groups excluding carboxylic acids is 2. The van der Waals surface area contributed by atoms with Crippen LogP contribution in [0.4, 0.5) is 28.4 Å². The van der Waals surface area contributed by atoms with Crippen LogP contribution in [-0.2, 0) is 4.74 Å². The number of likely N-dealkylation sites (tertiary alicyclic amines) is 1. The number of amides is 3. The van der Waals surface area contributed by atoms with E-state index in [4.69, 9.17) is 20.5 Å². The van der Waals surface area contributed by atoms with Gasteiger partial charge >= 0.3 is 17.6 Å². The molecule has 1 saturated heterocycles. The van der Waals surface area contributed by atoms with Crippen molar-refractivity contribution >= 4 is 29.6 Å². The second-order valence-corrected chi connectivity index (χ2v) is 11.1. The number of piperidine rings is 1. The Kier molecular flexibility index (Phi) is 9.32. The monoisotopic (exact) mass is 577 g/mol. The molecule has 1 aliphatic carbocycles. The molecular formula is C27H30F3N5O4S. The summed E-state index contributed by atoms with van der Waals surface area (Å²) in [6, 6.07) is 13.9. The largest absolute Gasteiger partial charge is 0.490 e. The number of hydrogen-bond donors (Lipinski definition) is 2. The lowest BCUT2D eigenvalue weighted by molar-refractivity contribution is -0.0328. The van der Waals surface area contributed by atoms with Crippen molar-refractivity contribution in [1.29, 1.82) is 5.26 Å². The summed E-state index contributed by atoms with van der Waals surface area (Å²) in [7, 11) is 1.74. The van der Waals surface area contributed by atoms with Crippen molar-refractivity contribution in [2.45, 2.75) is 35.4 Å². The maximum atomic E-state index is 13.0. The van der Waals surface area contributed by atoms with E-state index in [2.05, 4.69) is 10.2 Å². The van der Waals surface area contributed by atoms with Gasteiger partial charge in [0.15, 0.2) is 6.10 Å². The molecule has 2 aliphatic rings. The predicted molar refractivity (Wildman–Crippen MR) is 143 cm³/mol. The lowest BCUT2D eigenvalue weighted by Gasteiger charge is -2.42. The highest BCUT2D eigenvalue weighted by molar-refractivity contribution is 8.00. The molecule has 40 heavy (non-hydrogen) atoms. The van der Waals surface area contributed by atoms with Crippen LogP contribution in [0.1, 0.15) is 18.4 Å². The number of nitrogens with one attached hydrogen (secondary N) is 1. The van der Waals surface area contributed by atoms with Gasteiger partial charge in [0.25, 0.3) is 0 Å². The number of benzene rings is 2. The molecule has 0 aromatic heterocycles. The smallest absolute Gasteiger partial charge is 0.446 e. The van der Waals surface area contributed by atoms with Crippen molar-refractivity contribution in [2.24, 2.45) is 17.6 Å². The highest BCUT2D eigenvalue weighted by Gasteiger charge is 2.45. The van der Waals surface area contributed by atoms with Crippen LogP contribution < -0.4 is 15.8 Å². The molecule has 2 unspecified atom stereocenters. The highest BCUT2D eigenvalue weighted by atomic mass is 32.2. The molecule has 13 heteroatoms. The molecular weight excluding hydrogens is 547 g/mol. The number of hydrogen-bond acceptors (Lipinski definition) is 7. The number of primary amides is 1. The Morgan fingerprint density at radius 2 is 1.77 bits per heavy atom. The molecule has 3 amide bonds. The molecule has 214 valence electrons. The van der Waals surface area contributed by atoms with Crippen LogP contribution in [0.25, 0.3) is 0 Å². The fraction of sp³-hybridized carbons (Fsp3) is 0.444. The molecule has 1 aliphatic heterocycles. The summed E-state index contributed by atoms with van der Waals surface area (Å²) in [5.41, 5.74) is 1.85. The van der Waals surface area contributed by atoms with E-state index in [0.717, 1.165) is 12.8 Å². The van der Waals surface area contributed by atoms with E-state index < -0.39 is 17.7 Å². The Morgan fingerprint density at radius 1 is 1.15 bits per heavy atom. The minimum absolute atomic E-state index is 0.00159. The normalized spacial score (nSPS) is 21.2. The van der Waals surface area contributed by atoms with Crippen molar-refractivity contribution in [3.8, 4) is 11.8 Å². The van der Waals surface area contributed by atoms with Crippen LogP contribution in [0.3, 0.4) is 0 Å². The van der Waals surface area contributed by atoms with Crippen LogP contribution in [0, 0.1) is 23.2 Å². The molecule has 2 aromatic carbocycles. The summed E-state index contributed by atoms with van der Waals surface area (Å²) in [5, 5.41) is 11.7. The Morgan fingerprint density at radius 3 is 2.33 bits per heavy atom. The summed E-state index contributed by atoms with van der Waals surface area (Å²) in [5.74, 6) is 0.944. The van der Waals surface area contributed by atoms with Crippen molar-refractivity contribution < 1.29 is 32.2 Å². The average Bonchev–Trinajstić information content (AvgIpc) is 3.16. The number of halogens is 3. The molecule has 2 bridgehead atoms. The van der Waals surface area contributed by atoms with Crippen LogP contribution in [0.5, 0.6) is 5.75 Å². The molecule has 0 spiro atoms. The molecule has 2 fully saturated rings. The molecule has 4 rings (SSSR count). The van der Waals surface area contributed by atoms with Crippen LogP contribution in [-0.4, -0.2) is 72.9 Å². The lowest BCUT2D eigenvalue weighted by Crippen LogP contribution is -2.55. The highest BCUT2D eigenvalue weighted by Crippen LogP contribution is 2.40. The number of nitriles is 1. The van der Waals surface area contributed by atoms with Gasteiger partial charge in [-0.2, -0.15) is 18.4 Å². The molecule has 9 nitrogen and oxygen atoms in total. The van der Waals surface area contributed by atoms with Crippen LogP contribution in [0.2, 0.25) is 0 Å². The van der Waals surface area contributed by atoms with E-state index >= 15 is 0 Å². The number of nitrogens with zero attached hydrogens (tertiary/aromatic N) is 3. The molecule has 1 heterocycles. The van der Waals surface area contributed by atoms with E-state index in [9.17, 15) is 22.8 Å². The van der Waals surface area contributed by atoms with Gasteiger partial charge in [-0.3, -0.25) is 4.90 Å². The van der Waals surface area contributed by atoms with E-state index in [1.807, 2.05) is 6.07 Å². The number of anilines is 1. The fourth-order valence-electron chi connectivity index (χ4n) is 5.55. The molecule has 0 radical (unpaired) electrons. The minimum atomic E-state index is -4.37. The number of urea groups is 1. The molecule has 3 atom stereocenters. The summed E-state index contributed by atoms with van der Waals surface area (Å²) in [4.78, 5) is 28.4. The number of alkyl halides is 3. The lowest BCUT2D eigenvalue weighted by atomic mass is 9.91. The number of nitrogens with two attached hydrogens (primary N) is 1. The standard InChI is InChI=1S/C27H30F3N5O4S/c1-34(26(37)33-20-6-10-23(11-7-20)40-27(28,29)30)24-18-4-5-19(24)14-35(13-18)15-22(39-25(32)36)16-38-21-8-2-17(12-31)3-9-21/h2-3,6-11,18-19,22,24H,4-5,13-16H2,1H3,(H2,32,36)(H,33,37)/t18?,19?,22-,24?/m0/s1. The maximum absolute atomic E-state index is 13.0. The minimum Gasteiger partial charge on any atom is -0.490 e. The van der Waals surface area contributed by atoms with Crippen molar-refractivity contribution in [3.05, 3.63) is 54.1 Å². The Bertz CT molecular complexity index is 1210. The van der Waals surface area contributed by atoms with E-state index in [0.29, 0.717) is 36.6 Å². The van der Waals surface area contributed by atoms with E-state index in [-0.39, 0.29) is 47.2 Å². The van der Waals surface area contributed by atoms with Gasteiger partial charge < -0.3 is 25.4 Å². The summed E-state index contributed by atoms with van der Waals surface area (Å²) >= 11 is -0.204. The second-order valence-electron chi connectivity index (χ2n) is 9.93. The zero-order valence-electron chi connectivity index (χ0n) is 21.8. The zero-order chi connectivity index (χ0) is 28.9. The Balaban J connectivity index is 1.31. The van der Waals surface area contributed by atoms with Gasteiger partial charge in [-0.05, 0) is 85.0 Å². The van der Waals surface area contributed by atoms with E-state index in [1.54, 1.807) is 36.2 Å². The van der Waals surface area contributed by atoms with Gasteiger partial charge in [0.1, 0.15) is 12.4 Å². The number of ether oxygens (including phenoxy) is 2. The first-order chi connectivity index (χ1) is 19.0. The predicted octanol–water partition coefficient (Wildman–Crippen LogP) is 4.89. The third kappa shape index (κ3) is 7.95. The van der Waals surface area contributed by atoms with Gasteiger partial charge in [0.2, 0.25) is 0 Å². The SMILES string of the molecule is CN(C(=O)Nc1ccc(SC(F)(F)F)cc1)C1C2CCC1CN(C[C@@H](COc1ccc(C#N)cc1)OC(N)=O)C2. The average molecular weight is 578 g/mol. The number of fused-ring (bicyclic) bond motifs is 2. The Labute approximate surface area is 234 Å². The van der Waals surface area contributed by atoms with Gasteiger partial charge in [0, 0.05) is 43.3 Å². The first-order valence-corrected chi connectivity index (χ1v) is 13.5. The number of thioether (sulfide) groups is 1. The second kappa shape index (κ2) is 12.7. The van der Waals surface area contributed by atoms with Gasteiger partial charge in [0.05, 0.1) is 11.6 Å². The molecule has 1 saturated carbocycles. The first kappa shape index (κ1) is 29.4. The van der Waals surface area contributed by atoms with Gasteiger partial charge in [-0.25, -0.2) is 9.59 Å². The van der Waals surface area contributed by atoms with Crippen molar-refractivity contribution in [2.75, 3.05) is 38.6 Å². The molecule has 3 N–H and O–H groups in total. The summed E-state index contributed by atoms with van der Waals surface area (Å²) < 4.78 is 48.8. The summed E-state index contributed by atoms with van der Waals surface area (Å²) in [6.45, 7) is 1.89.